The summed E-state index contributed by atoms with van der Waals surface area (Å²) >= 11 is 0. The van der Waals surface area contributed by atoms with Crippen LogP contribution in [0.15, 0.2) is 12.3 Å². The molecular formula is C11H17N3O3. The molecule has 0 aromatic carbocycles. The molecular weight excluding hydrogens is 222 g/mol. The smallest absolute Gasteiger partial charge is 0.303 e. The molecule has 6 heteroatoms. The number of amides is 1. The summed E-state index contributed by atoms with van der Waals surface area (Å²) in [6.45, 7) is 0.559. The number of carbonyl (C=O) groups is 2. The van der Waals surface area contributed by atoms with Crippen molar-refractivity contribution in [2.24, 2.45) is 7.05 Å². The Kier molecular flexibility index (Phi) is 5.19. The summed E-state index contributed by atoms with van der Waals surface area (Å²) in [6.07, 6.45) is 4.00. The number of carboxylic acid groups (broad SMARTS) is 1. The van der Waals surface area contributed by atoms with E-state index in [0.29, 0.717) is 18.7 Å². The van der Waals surface area contributed by atoms with Gasteiger partial charge in [0.2, 0.25) is 0 Å². The van der Waals surface area contributed by atoms with Crippen LogP contribution in [0.5, 0.6) is 0 Å². The van der Waals surface area contributed by atoms with E-state index in [-0.39, 0.29) is 12.3 Å². The van der Waals surface area contributed by atoms with Gasteiger partial charge >= 0.3 is 5.97 Å². The van der Waals surface area contributed by atoms with E-state index in [1.54, 1.807) is 19.3 Å². The van der Waals surface area contributed by atoms with Crippen molar-refractivity contribution in [2.75, 3.05) is 6.54 Å². The van der Waals surface area contributed by atoms with Crippen molar-refractivity contribution in [3.63, 3.8) is 0 Å². The molecule has 2 N–H and O–H groups in total. The fourth-order valence-electron chi connectivity index (χ4n) is 1.47. The number of aliphatic carboxylic acids is 1. The van der Waals surface area contributed by atoms with E-state index < -0.39 is 5.97 Å². The molecule has 0 saturated heterocycles. The normalized spacial score (nSPS) is 10.2. The number of hydrogen-bond donors (Lipinski definition) is 2. The maximum atomic E-state index is 11.6. The number of rotatable bonds is 7. The molecule has 0 aliphatic carbocycles. The molecule has 1 aromatic rings. The molecule has 0 aliphatic heterocycles. The first-order valence-electron chi connectivity index (χ1n) is 5.59. The van der Waals surface area contributed by atoms with Crippen molar-refractivity contribution < 1.29 is 14.7 Å². The van der Waals surface area contributed by atoms with Crippen LogP contribution < -0.4 is 5.32 Å². The molecule has 0 fully saturated rings. The van der Waals surface area contributed by atoms with Crippen molar-refractivity contribution in [3.8, 4) is 0 Å². The molecule has 0 atom stereocenters. The fourth-order valence-corrected chi connectivity index (χ4v) is 1.47. The molecule has 0 saturated carbocycles. The quantitative estimate of drug-likeness (QED) is 0.689. The Bertz CT molecular complexity index is 387. The predicted octanol–water partition coefficient (Wildman–Crippen LogP) is 0.795. The number of nitrogens with one attached hydrogen (secondary N) is 1. The number of aryl methyl sites for hydroxylation is 1. The van der Waals surface area contributed by atoms with Gasteiger partial charge in [-0.15, -0.1) is 0 Å². The largest absolute Gasteiger partial charge is 0.481 e. The van der Waals surface area contributed by atoms with Crippen LogP contribution in [0, 0.1) is 0 Å². The summed E-state index contributed by atoms with van der Waals surface area (Å²) in [5.74, 6) is -0.924. The molecule has 6 nitrogen and oxygen atoms in total. The topological polar surface area (TPSA) is 84.2 Å². The van der Waals surface area contributed by atoms with Gasteiger partial charge in [-0.1, -0.05) is 6.42 Å². The molecule has 1 aromatic heterocycles. The first-order valence-corrected chi connectivity index (χ1v) is 5.59. The van der Waals surface area contributed by atoms with Gasteiger partial charge in [-0.2, -0.15) is 5.10 Å². The fraction of sp³-hybridized carbons (Fsp3) is 0.545. The minimum atomic E-state index is -0.774. The highest BCUT2D eigenvalue weighted by Crippen LogP contribution is 2.00. The molecule has 1 rings (SSSR count). The molecule has 0 aliphatic rings. The van der Waals surface area contributed by atoms with Gasteiger partial charge in [-0.25, -0.2) is 0 Å². The summed E-state index contributed by atoms with van der Waals surface area (Å²) in [5.41, 5.74) is 0.524. The molecule has 0 spiro atoms. The maximum Gasteiger partial charge on any atom is 0.303 e. The summed E-state index contributed by atoms with van der Waals surface area (Å²) in [5, 5.41) is 15.1. The van der Waals surface area contributed by atoms with Gasteiger partial charge in [-0.05, 0) is 18.9 Å². The molecule has 17 heavy (non-hydrogen) atoms. The van der Waals surface area contributed by atoms with Gasteiger partial charge < -0.3 is 10.4 Å². The van der Waals surface area contributed by atoms with Gasteiger partial charge in [0.05, 0.1) is 0 Å². The van der Waals surface area contributed by atoms with E-state index in [1.807, 2.05) is 0 Å². The predicted molar refractivity (Wildman–Crippen MR) is 61.6 cm³/mol. The lowest BCUT2D eigenvalue weighted by Gasteiger charge is -2.04. The molecule has 1 heterocycles. The van der Waals surface area contributed by atoms with E-state index in [0.717, 1.165) is 12.8 Å². The lowest BCUT2D eigenvalue weighted by atomic mass is 10.2. The number of unbranched alkanes of at least 4 members (excludes halogenated alkanes) is 2. The van der Waals surface area contributed by atoms with Crippen molar-refractivity contribution >= 4 is 11.9 Å². The first kappa shape index (κ1) is 13.2. The Morgan fingerprint density at radius 2 is 2.18 bits per heavy atom. The zero-order chi connectivity index (χ0) is 12.7. The molecule has 0 radical (unpaired) electrons. The molecule has 94 valence electrons. The van der Waals surface area contributed by atoms with E-state index in [2.05, 4.69) is 10.4 Å². The first-order chi connectivity index (χ1) is 8.11. The van der Waals surface area contributed by atoms with Crippen molar-refractivity contribution in [1.82, 2.24) is 15.1 Å². The van der Waals surface area contributed by atoms with Crippen molar-refractivity contribution in [1.29, 1.82) is 0 Å². The molecule has 0 bridgehead atoms. The number of nitrogens with zero attached hydrogens (tertiary/aromatic N) is 2. The Morgan fingerprint density at radius 1 is 1.41 bits per heavy atom. The monoisotopic (exact) mass is 239 g/mol. The minimum Gasteiger partial charge on any atom is -0.481 e. The SMILES string of the molecule is Cn1nccc1C(=O)NCCCCCC(=O)O. The van der Waals surface area contributed by atoms with Gasteiger partial charge in [-0.3, -0.25) is 14.3 Å². The summed E-state index contributed by atoms with van der Waals surface area (Å²) < 4.78 is 1.51. The van der Waals surface area contributed by atoms with Crippen LogP contribution in [-0.4, -0.2) is 33.3 Å². The zero-order valence-electron chi connectivity index (χ0n) is 9.85. The second-order valence-corrected chi connectivity index (χ2v) is 3.80. The van der Waals surface area contributed by atoms with Crippen LogP contribution in [0.4, 0.5) is 0 Å². The number of carbonyl (C=O) groups excluding carboxylic acids is 1. The highest BCUT2D eigenvalue weighted by Gasteiger charge is 2.08. The third-order valence-corrected chi connectivity index (χ3v) is 2.41. The Hall–Kier alpha value is -1.85. The van der Waals surface area contributed by atoms with Gasteiger partial charge in [0.15, 0.2) is 0 Å². The lowest BCUT2D eigenvalue weighted by Crippen LogP contribution is -2.26. The van der Waals surface area contributed by atoms with Crippen LogP contribution in [-0.2, 0) is 11.8 Å². The number of carboxylic acids is 1. The van der Waals surface area contributed by atoms with Gasteiger partial charge in [0.1, 0.15) is 5.69 Å². The highest BCUT2D eigenvalue weighted by molar-refractivity contribution is 5.92. The Labute approximate surface area is 99.6 Å². The Morgan fingerprint density at radius 3 is 2.76 bits per heavy atom. The third-order valence-electron chi connectivity index (χ3n) is 2.41. The average molecular weight is 239 g/mol. The lowest BCUT2D eigenvalue weighted by molar-refractivity contribution is -0.137. The third kappa shape index (κ3) is 4.67. The zero-order valence-corrected chi connectivity index (χ0v) is 9.85. The van der Waals surface area contributed by atoms with Gasteiger partial charge in [0.25, 0.3) is 5.91 Å². The van der Waals surface area contributed by atoms with Crippen molar-refractivity contribution in [2.45, 2.75) is 25.7 Å². The van der Waals surface area contributed by atoms with Gasteiger partial charge in [0, 0.05) is 26.2 Å². The summed E-state index contributed by atoms with van der Waals surface area (Å²) in [7, 11) is 1.71. The molecule has 0 unspecified atom stereocenters. The van der Waals surface area contributed by atoms with Crippen LogP contribution in [0.2, 0.25) is 0 Å². The minimum absolute atomic E-state index is 0.150. The van der Waals surface area contributed by atoms with Crippen LogP contribution in [0.3, 0.4) is 0 Å². The van der Waals surface area contributed by atoms with Crippen LogP contribution in [0.1, 0.15) is 36.2 Å². The van der Waals surface area contributed by atoms with E-state index >= 15 is 0 Å². The second kappa shape index (κ2) is 6.67. The molecule has 1 amide bonds. The van der Waals surface area contributed by atoms with Crippen molar-refractivity contribution in [3.05, 3.63) is 18.0 Å². The summed E-state index contributed by atoms with van der Waals surface area (Å²) in [6, 6.07) is 1.65. The van der Waals surface area contributed by atoms with E-state index in [9.17, 15) is 9.59 Å². The Balaban J connectivity index is 2.13. The standard InChI is InChI=1S/C11H17N3O3/c1-14-9(6-8-13-14)11(17)12-7-4-2-3-5-10(15)16/h6,8H,2-5,7H2,1H3,(H,12,17)(H,15,16). The average Bonchev–Trinajstić information content (AvgIpc) is 2.69. The summed E-state index contributed by atoms with van der Waals surface area (Å²) in [4.78, 5) is 21.9. The van der Waals surface area contributed by atoms with E-state index in [4.69, 9.17) is 5.11 Å². The number of hydrogen-bond acceptors (Lipinski definition) is 3. The van der Waals surface area contributed by atoms with E-state index in [1.165, 1.54) is 4.68 Å². The second-order valence-electron chi connectivity index (χ2n) is 3.80. The van der Waals surface area contributed by atoms with Crippen LogP contribution >= 0.6 is 0 Å². The van der Waals surface area contributed by atoms with Crippen LogP contribution in [0.25, 0.3) is 0 Å². The number of aromatic nitrogens is 2. The highest BCUT2D eigenvalue weighted by atomic mass is 16.4. The maximum absolute atomic E-state index is 11.6.